The van der Waals surface area contributed by atoms with E-state index in [1.165, 1.54) is 0 Å². The average molecular weight is 290 g/mol. The van der Waals surface area contributed by atoms with E-state index in [0.717, 1.165) is 11.0 Å². The summed E-state index contributed by atoms with van der Waals surface area (Å²) in [6, 6.07) is 6.59. The van der Waals surface area contributed by atoms with Gasteiger partial charge in [0.05, 0.1) is 30.9 Å². The van der Waals surface area contributed by atoms with Crippen LogP contribution in [0.15, 0.2) is 36.0 Å². The van der Waals surface area contributed by atoms with E-state index in [4.69, 9.17) is 15.6 Å². The van der Waals surface area contributed by atoms with Crippen molar-refractivity contribution in [2.24, 2.45) is 5.73 Å². The number of carbonyl (C=O) groups excluding carboxylic acids is 2. The zero-order valence-electron chi connectivity index (χ0n) is 11.1. The van der Waals surface area contributed by atoms with Crippen LogP contribution in [-0.2, 0) is 9.53 Å². The van der Waals surface area contributed by atoms with Crippen LogP contribution in [0.3, 0.4) is 0 Å². The molecule has 3 N–H and O–H groups in total. The lowest BCUT2D eigenvalue weighted by Gasteiger charge is -2.13. The molecule has 0 radical (unpaired) electrons. The number of nitrogens with zero attached hydrogens (tertiary/aromatic N) is 1. The van der Waals surface area contributed by atoms with Crippen LogP contribution in [0.4, 0.5) is 0 Å². The Morgan fingerprint density at radius 2 is 1.81 bits per heavy atom. The van der Waals surface area contributed by atoms with Crippen molar-refractivity contribution in [2.45, 2.75) is 0 Å². The molecule has 2 rings (SSSR count). The number of hydrogen-bond donors (Lipinski definition) is 2. The van der Waals surface area contributed by atoms with Gasteiger partial charge in [0.15, 0.2) is 0 Å². The van der Waals surface area contributed by atoms with E-state index in [2.05, 4.69) is 0 Å². The fraction of sp³-hybridized carbons (Fsp3) is 0.214. The van der Waals surface area contributed by atoms with Crippen LogP contribution in [0, 0.1) is 0 Å². The summed E-state index contributed by atoms with van der Waals surface area (Å²) in [6.45, 7) is 0.0990. The Bertz CT molecular complexity index is 589. The van der Waals surface area contributed by atoms with Crippen molar-refractivity contribution in [2.75, 3.05) is 19.8 Å². The minimum Gasteiger partial charge on any atom is -0.478 e. The number of imide groups is 1. The van der Waals surface area contributed by atoms with E-state index in [1.807, 2.05) is 0 Å². The Balaban J connectivity index is 1.87. The van der Waals surface area contributed by atoms with Crippen molar-refractivity contribution in [3.8, 4) is 0 Å². The van der Waals surface area contributed by atoms with Gasteiger partial charge < -0.3 is 15.6 Å². The maximum absolute atomic E-state index is 12.0. The van der Waals surface area contributed by atoms with Gasteiger partial charge >= 0.3 is 5.97 Å². The van der Waals surface area contributed by atoms with Gasteiger partial charge in [0.2, 0.25) is 0 Å². The Morgan fingerprint density at radius 3 is 2.33 bits per heavy atom. The van der Waals surface area contributed by atoms with Crippen LogP contribution >= 0.6 is 0 Å². The molecule has 0 spiro atoms. The zero-order valence-corrected chi connectivity index (χ0v) is 11.1. The van der Waals surface area contributed by atoms with Gasteiger partial charge in [-0.05, 0) is 12.1 Å². The number of hydrogen-bond acceptors (Lipinski definition) is 5. The maximum atomic E-state index is 12.0. The summed E-state index contributed by atoms with van der Waals surface area (Å²) >= 11 is 0. The van der Waals surface area contributed by atoms with Gasteiger partial charge in [-0.15, -0.1) is 0 Å². The molecule has 7 heteroatoms. The Morgan fingerprint density at radius 1 is 1.24 bits per heavy atom. The molecule has 0 unspecified atom stereocenters. The fourth-order valence-corrected chi connectivity index (χ4v) is 1.99. The van der Waals surface area contributed by atoms with E-state index < -0.39 is 5.97 Å². The normalized spacial score (nSPS) is 14.5. The number of carboxylic acids is 1. The highest BCUT2D eigenvalue weighted by Gasteiger charge is 2.34. The van der Waals surface area contributed by atoms with Crippen LogP contribution in [0.2, 0.25) is 0 Å². The van der Waals surface area contributed by atoms with Crippen molar-refractivity contribution < 1.29 is 24.2 Å². The molecule has 0 aromatic heterocycles. The molecule has 110 valence electrons. The van der Waals surface area contributed by atoms with Crippen LogP contribution in [-0.4, -0.2) is 47.5 Å². The van der Waals surface area contributed by atoms with E-state index >= 15 is 0 Å². The van der Waals surface area contributed by atoms with Crippen LogP contribution in [0.1, 0.15) is 20.7 Å². The lowest BCUT2D eigenvalue weighted by molar-refractivity contribution is -0.131. The Hall–Kier alpha value is -2.67. The van der Waals surface area contributed by atoms with E-state index in [1.54, 1.807) is 24.3 Å². The molecular weight excluding hydrogens is 276 g/mol. The van der Waals surface area contributed by atoms with Crippen molar-refractivity contribution in [1.82, 2.24) is 4.90 Å². The van der Waals surface area contributed by atoms with Crippen LogP contribution in [0.25, 0.3) is 0 Å². The smallest absolute Gasteiger partial charge is 0.330 e. The number of benzene rings is 1. The molecule has 0 atom stereocenters. The second-order valence-electron chi connectivity index (χ2n) is 4.42. The van der Waals surface area contributed by atoms with Gasteiger partial charge in [-0.25, -0.2) is 4.79 Å². The summed E-state index contributed by atoms with van der Waals surface area (Å²) in [5.41, 5.74) is 6.22. The summed E-state index contributed by atoms with van der Waals surface area (Å²) in [5, 5.41) is 8.47. The monoisotopic (exact) mass is 290 g/mol. The largest absolute Gasteiger partial charge is 0.478 e. The van der Waals surface area contributed by atoms with E-state index in [9.17, 15) is 14.4 Å². The number of aliphatic carboxylic acids is 1. The lowest BCUT2D eigenvalue weighted by Crippen LogP contribution is -2.33. The number of rotatable bonds is 6. The third-order valence-electron chi connectivity index (χ3n) is 2.92. The highest BCUT2D eigenvalue weighted by atomic mass is 16.5. The molecular formula is C14H14N2O5. The minimum atomic E-state index is -1.16. The molecule has 7 nitrogen and oxygen atoms in total. The predicted octanol–water partition coefficient (Wildman–Crippen LogP) is 0.226. The first-order chi connectivity index (χ1) is 10.0. The minimum absolute atomic E-state index is 0.0601. The van der Waals surface area contributed by atoms with Gasteiger partial charge in [-0.1, -0.05) is 12.1 Å². The predicted molar refractivity (Wildman–Crippen MR) is 72.5 cm³/mol. The lowest BCUT2D eigenvalue weighted by atomic mass is 10.1. The van der Waals surface area contributed by atoms with Gasteiger partial charge in [0.25, 0.3) is 11.8 Å². The second kappa shape index (κ2) is 6.19. The van der Waals surface area contributed by atoms with Gasteiger partial charge in [-0.3, -0.25) is 14.5 Å². The van der Waals surface area contributed by atoms with Crippen molar-refractivity contribution in [3.63, 3.8) is 0 Å². The maximum Gasteiger partial charge on any atom is 0.330 e. The topological polar surface area (TPSA) is 110 Å². The summed E-state index contributed by atoms with van der Waals surface area (Å²) in [6.07, 6.45) is 0.835. The molecule has 1 aliphatic heterocycles. The van der Waals surface area contributed by atoms with Gasteiger partial charge in [0, 0.05) is 11.8 Å². The summed E-state index contributed by atoms with van der Waals surface area (Å²) in [5.74, 6) is -1.86. The highest BCUT2D eigenvalue weighted by molar-refractivity contribution is 6.21. The highest BCUT2D eigenvalue weighted by Crippen LogP contribution is 2.21. The number of ether oxygens (including phenoxy) is 1. The third kappa shape index (κ3) is 3.26. The Kier molecular flexibility index (Phi) is 4.34. The molecule has 2 amide bonds. The fourth-order valence-electron chi connectivity index (χ4n) is 1.99. The number of amides is 2. The number of fused-ring (bicyclic) bond motifs is 1. The van der Waals surface area contributed by atoms with Crippen molar-refractivity contribution in [3.05, 3.63) is 47.2 Å². The van der Waals surface area contributed by atoms with Crippen molar-refractivity contribution >= 4 is 17.8 Å². The number of carbonyl (C=O) groups is 3. The molecule has 0 saturated carbocycles. The van der Waals surface area contributed by atoms with Crippen LogP contribution in [0.5, 0.6) is 0 Å². The molecule has 1 aliphatic rings. The molecule has 0 fully saturated rings. The standard InChI is InChI=1S/C14H14N2O5/c15-9(7-12(17)18)8-21-6-5-16-13(19)10-3-1-2-4-11(10)14(16)20/h1-4,7H,5-6,8,15H2,(H,17,18)/b9-7-. The number of nitrogens with two attached hydrogens (primary N) is 1. The molecule has 0 bridgehead atoms. The molecule has 0 aliphatic carbocycles. The zero-order chi connectivity index (χ0) is 15.4. The molecule has 0 saturated heterocycles. The first-order valence-corrected chi connectivity index (χ1v) is 6.22. The average Bonchev–Trinajstić information content (AvgIpc) is 2.68. The Labute approximate surface area is 120 Å². The van der Waals surface area contributed by atoms with Crippen LogP contribution < -0.4 is 5.73 Å². The SMILES string of the molecule is N/C(=C\C(=O)O)COCCN1C(=O)c2ccccc2C1=O. The molecule has 1 heterocycles. The van der Waals surface area contributed by atoms with E-state index in [-0.39, 0.29) is 37.3 Å². The molecule has 1 aromatic rings. The first kappa shape index (κ1) is 14.7. The third-order valence-corrected chi connectivity index (χ3v) is 2.92. The van der Waals surface area contributed by atoms with Gasteiger partial charge in [-0.2, -0.15) is 0 Å². The van der Waals surface area contributed by atoms with Gasteiger partial charge in [0.1, 0.15) is 0 Å². The second-order valence-corrected chi connectivity index (χ2v) is 4.42. The van der Waals surface area contributed by atoms with E-state index in [0.29, 0.717) is 11.1 Å². The summed E-state index contributed by atoms with van der Waals surface area (Å²) in [4.78, 5) is 35.5. The quantitative estimate of drug-likeness (QED) is 0.441. The summed E-state index contributed by atoms with van der Waals surface area (Å²) < 4.78 is 5.15. The summed E-state index contributed by atoms with van der Waals surface area (Å²) in [7, 11) is 0. The number of carboxylic acid groups (broad SMARTS) is 1. The van der Waals surface area contributed by atoms with Crippen molar-refractivity contribution in [1.29, 1.82) is 0 Å². The first-order valence-electron chi connectivity index (χ1n) is 6.22. The molecule has 1 aromatic carbocycles. The molecule has 21 heavy (non-hydrogen) atoms.